The molecule has 2 aromatic rings. The molecule has 8 heteroatoms. The molecule has 0 saturated heterocycles. The number of hydrogen-bond donors (Lipinski definition) is 0. The van der Waals surface area contributed by atoms with Gasteiger partial charge in [0.05, 0.1) is 7.11 Å². The lowest BCUT2D eigenvalue weighted by atomic mass is 9.93. The molecule has 176 valence electrons. The number of rotatable bonds is 8. The first-order chi connectivity index (χ1) is 16.3. The summed E-state index contributed by atoms with van der Waals surface area (Å²) in [6, 6.07) is 12.4. The lowest BCUT2D eigenvalue weighted by Crippen LogP contribution is -2.43. The molecule has 0 bridgehead atoms. The minimum atomic E-state index is -0.544. The summed E-state index contributed by atoms with van der Waals surface area (Å²) in [5, 5.41) is 10.5. The van der Waals surface area contributed by atoms with E-state index >= 15 is 0 Å². The second kappa shape index (κ2) is 11.2. The van der Waals surface area contributed by atoms with Crippen LogP contribution in [0, 0.1) is 11.3 Å². The van der Waals surface area contributed by atoms with E-state index in [1.54, 1.807) is 49.4 Å². The SMILES string of the molecule is CCCCN1C(=O)C(C#N)=C(C)/C(=C\c2ccc(OCc3ccc(Cl)cc3Cl)c(OC)c2)C1=O. The molecule has 0 N–H and O–H groups in total. The number of methoxy groups -OCH3 is 1. The molecule has 2 aromatic carbocycles. The van der Waals surface area contributed by atoms with Crippen LogP contribution in [0.1, 0.15) is 37.8 Å². The predicted molar refractivity (Wildman–Crippen MR) is 132 cm³/mol. The largest absolute Gasteiger partial charge is 0.493 e. The van der Waals surface area contributed by atoms with Gasteiger partial charge in [0.25, 0.3) is 11.8 Å². The first kappa shape index (κ1) is 25.4. The topological polar surface area (TPSA) is 79.6 Å². The highest BCUT2D eigenvalue weighted by atomic mass is 35.5. The molecule has 0 aliphatic carbocycles. The van der Waals surface area contributed by atoms with Gasteiger partial charge in [0.2, 0.25) is 0 Å². The molecule has 0 spiro atoms. The maximum Gasteiger partial charge on any atom is 0.271 e. The van der Waals surface area contributed by atoms with Crippen molar-refractivity contribution in [2.75, 3.05) is 13.7 Å². The Balaban J connectivity index is 1.91. The number of unbranched alkanes of at least 4 members (excludes halogenated alkanes) is 1. The van der Waals surface area contributed by atoms with Gasteiger partial charge >= 0.3 is 0 Å². The predicted octanol–water partition coefficient (Wildman–Crippen LogP) is 5.97. The van der Waals surface area contributed by atoms with Crippen molar-refractivity contribution in [1.82, 2.24) is 4.90 Å². The van der Waals surface area contributed by atoms with Gasteiger partial charge in [-0.1, -0.05) is 48.7 Å². The van der Waals surface area contributed by atoms with E-state index < -0.39 is 11.8 Å². The number of halogens is 2. The summed E-state index contributed by atoms with van der Waals surface area (Å²) in [6.07, 6.45) is 3.14. The lowest BCUT2D eigenvalue weighted by molar-refractivity contribution is -0.140. The molecule has 0 aromatic heterocycles. The van der Waals surface area contributed by atoms with Crippen molar-refractivity contribution in [3.63, 3.8) is 0 Å². The average molecular weight is 499 g/mol. The molecule has 1 heterocycles. The van der Waals surface area contributed by atoms with Crippen LogP contribution < -0.4 is 9.47 Å². The zero-order valence-electron chi connectivity index (χ0n) is 19.2. The van der Waals surface area contributed by atoms with E-state index in [0.29, 0.717) is 44.7 Å². The van der Waals surface area contributed by atoms with Crippen molar-refractivity contribution in [2.24, 2.45) is 0 Å². The van der Waals surface area contributed by atoms with Gasteiger partial charge in [0.1, 0.15) is 18.2 Å². The van der Waals surface area contributed by atoms with E-state index in [1.807, 2.05) is 13.0 Å². The minimum absolute atomic E-state index is 0.0197. The Labute approximate surface area is 209 Å². The third-order valence-corrected chi connectivity index (χ3v) is 6.04. The van der Waals surface area contributed by atoms with Crippen LogP contribution in [0.2, 0.25) is 10.0 Å². The van der Waals surface area contributed by atoms with Gasteiger partial charge in [0.15, 0.2) is 11.5 Å². The van der Waals surface area contributed by atoms with Gasteiger partial charge in [-0.3, -0.25) is 14.5 Å². The molecular weight excluding hydrogens is 475 g/mol. The van der Waals surface area contributed by atoms with E-state index in [-0.39, 0.29) is 18.7 Å². The molecular formula is C26H24Cl2N2O4. The molecule has 6 nitrogen and oxygen atoms in total. The van der Waals surface area contributed by atoms with Crippen LogP contribution in [-0.2, 0) is 16.2 Å². The summed E-state index contributed by atoms with van der Waals surface area (Å²) in [5.74, 6) is 0.00327. The number of carbonyl (C=O) groups excluding carboxylic acids is 2. The Morgan fingerprint density at radius 1 is 1.09 bits per heavy atom. The van der Waals surface area contributed by atoms with Gasteiger partial charge in [-0.15, -0.1) is 0 Å². The van der Waals surface area contributed by atoms with Crippen LogP contribution >= 0.6 is 23.2 Å². The van der Waals surface area contributed by atoms with Crippen LogP contribution in [0.5, 0.6) is 11.5 Å². The first-order valence-corrected chi connectivity index (χ1v) is 11.5. The van der Waals surface area contributed by atoms with Crippen molar-refractivity contribution in [1.29, 1.82) is 5.26 Å². The normalized spacial score (nSPS) is 15.1. The highest BCUT2D eigenvalue weighted by Gasteiger charge is 2.34. The van der Waals surface area contributed by atoms with Gasteiger partial charge in [-0.25, -0.2) is 0 Å². The maximum absolute atomic E-state index is 13.1. The van der Waals surface area contributed by atoms with E-state index in [4.69, 9.17) is 32.7 Å². The van der Waals surface area contributed by atoms with Gasteiger partial charge in [0, 0.05) is 27.7 Å². The molecule has 2 amide bonds. The van der Waals surface area contributed by atoms with Crippen molar-refractivity contribution in [3.05, 3.63) is 74.3 Å². The van der Waals surface area contributed by atoms with Gasteiger partial charge in [-0.2, -0.15) is 5.26 Å². The highest BCUT2D eigenvalue weighted by molar-refractivity contribution is 6.35. The minimum Gasteiger partial charge on any atom is -0.493 e. The van der Waals surface area contributed by atoms with Crippen LogP contribution in [0.4, 0.5) is 0 Å². The summed E-state index contributed by atoms with van der Waals surface area (Å²) in [7, 11) is 1.52. The summed E-state index contributed by atoms with van der Waals surface area (Å²) < 4.78 is 11.4. The highest BCUT2D eigenvalue weighted by Crippen LogP contribution is 2.33. The summed E-state index contributed by atoms with van der Waals surface area (Å²) >= 11 is 12.2. The number of nitrogens with zero attached hydrogens (tertiary/aromatic N) is 2. The fourth-order valence-corrected chi connectivity index (χ4v) is 3.97. The number of imide groups is 1. The summed E-state index contributed by atoms with van der Waals surface area (Å²) in [5.41, 5.74) is 2.08. The van der Waals surface area contributed by atoms with Crippen LogP contribution in [0.3, 0.4) is 0 Å². The zero-order valence-corrected chi connectivity index (χ0v) is 20.7. The molecule has 0 unspecified atom stereocenters. The Bertz CT molecular complexity index is 1230. The Morgan fingerprint density at radius 2 is 1.85 bits per heavy atom. The third-order valence-electron chi connectivity index (χ3n) is 5.46. The van der Waals surface area contributed by atoms with E-state index in [1.165, 1.54) is 7.11 Å². The number of nitriles is 1. The molecule has 0 saturated carbocycles. The monoisotopic (exact) mass is 498 g/mol. The van der Waals surface area contributed by atoms with Crippen molar-refractivity contribution >= 4 is 41.1 Å². The average Bonchev–Trinajstić information content (AvgIpc) is 2.82. The van der Waals surface area contributed by atoms with Crippen molar-refractivity contribution in [2.45, 2.75) is 33.3 Å². The molecule has 1 aliphatic heterocycles. The Kier molecular flexibility index (Phi) is 8.38. The molecule has 0 atom stereocenters. The van der Waals surface area contributed by atoms with Crippen molar-refractivity contribution < 1.29 is 19.1 Å². The molecule has 0 radical (unpaired) electrons. The van der Waals surface area contributed by atoms with E-state index in [2.05, 4.69) is 0 Å². The quantitative estimate of drug-likeness (QED) is 0.330. The fraction of sp³-hybridized carbons (Fsp3) is 0.269. The number of ether oxygens (including phenoxy) is 2. The number of benzene rings is 2. The summed E-state index contributed by atoms with van der Waals surface area (Å²) in [4.78, 5) is 26.8. The lowest BCUT2D eigenvalue weighted by Gasteiger charge is -2.27. The van der Waals surface area contributed by atoms with Crippen LogP contribution in [-0.4, -0.2) is 30.4 Å². The molecule has 0 fully saturated rings. The van der Waals surface area contributed by atoms with Crippen LogP contribution in [0.15, 0.2) is 53.1 Å². The number of amides is 2. The third kappa shape index (κ3) is 5.44. The van der Waals surface area contributed by atoms with E-state index in [0.717, 1.165) is 16.9 Å². The maximum atomic E-state index is 13.1. The standard InChI is InChI=1S/C26H24Cl2N2O4/c1-4-5-10-30-25(31)20(16(2)21(14-29)26(30)32)11-17-6-9-23(24(12-17)33-3)34-15-18-7-8-19(27)13-22(18)28/h6-9,11-13H,4-5,10,15H2,1-3H3/b20-11+. The second-order valence-electron chi connectivity index (χ2n) is 7.72. The molecule has 3 rings (SSSR count). The molecule has 34 heavy (non-hydrogen) atoms. The first-order valence-electron chi connectivity index (χ1n) is 10.7. The smallest absolute Gasteiger partial charge is 0.271 e. The Morgan fingerprint density at radius 3 is 2.50 bits per heavy atom. The van der Waals surface area contributed by atoms with Gasteiger partial charge in [-0.05, 0) is 54.8 Å². The number of hydrogen-bond acceptors (Lipinski definition) is 5. The van der Waals surface area contributed by atoms with Crippen molar-refractivity contribution in [3.8, 4) is 17.6 Å². The van der Waals surface area contributed by atoms with Crippen LogP contribution in [0.25, 0.3) is 6.08 Å². The molecule has 1 aliphatic rings. The van der Waals surface area contributed by atoms with Gasteiger partial charge < -0.3 is 9.47 Å². The summed E-state index contributed by atoms with van der Waals surface area (Å²) in [6.45, 7) is 4.07. The number of carbonyl (C=O) groups is 2. The second-order valence-corrected chi connectivity index (χ2v) is 8.56. The fourth-order valence-electron chi connectivity index (χ4n) is 3.50. The Hall–Kier alpha value is -3.27. The zero-order chi connectivity index (χ0) is 24.8. The van der Waals surface area contributed by atoms with E-state index in [9.17, 15) is 14.9 Å².